The Hall–Kier alpha value is -1.59. The standard InChI is InChI=1S/C15H25N3O3/c1-16(2)15(21)12-7-6-10-18(12)14(20)11-17-9-5-3-4-8-13(17)19/h12H,3-11H2,1-2H3/t12-/m0/s1. The zero-order valence-electron chi connectivity index (χ0n) is 13.0. The van der Waals surface area contributed by atoms with E-state index in [0.29, 0.717) is 19.5 Å². The molecule has 2 aliphatic heterocycles. The maximum absolute atomic E-state index is 12.5. The van der Waals surface area contributed by atoms with Crippen LogP contribution in [0.2, 0.25) is 0 Å². The molecule has 0 aromatic carbocycles. The van der Waals surface area contributed by atoms with Crippen molar-refractivity contribution in [1.82, 2.24) is 14.7 Å². The summed E-state index contributed by atoms with van der Waals surface area (Å²) in [5.41, 5.74) is 0. The monoisotopic (exact) mass is 295 g/mol. The lowest BCUT2D eigenvalue weighted by Crippen LogP contribution is -2.49. The van der Waals surface area contributed by atoms with Gasteiger partial charge in [0.15, 0.2) is 0 Å². The lowest BCUT2D eigenvalue weighted by molar-refractivity contribution is -0.145. The highest BCUT2D eigenvalue weighted by atomic mass is 16.2. The highest BCUT2D eigenvalue weighted by Crippen LogP contribution is 2.20. The fourth-order valence-corrected chi connectivity index (χ4v) is 3.08. The van der Waals surface area contributed by atoms with Gasteiger partial charge in [0.05, 0.1) is 6.54 Å². The molecule has 0 aliphatic carbocycles. The summed E-state index contributed by atoms with van der Waals surface area (Å²) in [6, 6.07) is -0.352. The predicted octanol–water partition coefficient (Wildman–Crippen LogP) is 0.468. The van der Waals surface area contributed by atoms with E-state index in [-0.39, 0.29) is 30.3 Å². The summed E-state index contributed by atoms with van der Waals surface area (Å²) < 4.78 is 0. The summed E-state index contributed by atoms with van der Waals surface area (Å²) in [6.45, 7) is 1.39. The number of carbonyl (C=O) groups is 3. The number of likely N-dealkylation sites (N-methyl/N-ethyl adjacent to an activating group) is 1. The van der Waals surface area contributed by atoms with Gasteiger partial charge >= 0.3 is 0 Å². The van der Waals surface area contributed by atoms with Crippen LogP contribution in [-0.4, -0.2) is 72.2 Å². The number of hydrogen-bond acceptors (Lipinski definition) is 3. The Kier molecular flexibility index (Phi) is 5.20. The van der Waals surface area contributed by atoms with Crippen LogP contribution in [0.15, 0.2) is 0 Å². The van der Waals surface area contributed by atoms with Crippen molar-refractivity contribution in [1.29, 1.82) is 0 Å². The van der Waals surface area contributed by atoms with Crippen LogP contribution in [0, 0.1) is 0 Å². The third kappa shape index (κ3) is 3.74. The van der Waals surface area contributed by atoms with E-state index >= 15 is 0 Å². The van der Waals surface area contributed by atoms with Gasteiger partial charge in [-0.25, -0.2) is 0 Å². The SMILES string of the molecule is CN(C)C(=O)[C@@H]1CCCN1C(=O)CN1CCCCCC1=O. The first-order chi connectivity index (χ1) is 10.0. The quantitative estimate of drug-likeness (QED) is 0.760. The average Bonchev–Trinajstić information content (AvgIpc) is 2.85. The summed E-state index contributed by atoms with van der Waals surface area (Å²) in [5, 5.41) is 0. The number of likely N-dealkylation sites (tertiary alicyclic amines) is 2. The Morgan fingerprint density at radius 3 is 2.62 bits per heavy atom. The second-order valence-electron chi connectivity index (χ2n) is 6.10. The molecule has 21 heavy (non-hydrogen) atoms. The molecule has 3 amide bonds. The molecule has 0 aromatic rings. The van der Waals surface area contributed by atoms with Crippen molar-refractivity contribution in [2.24, 2.45) is 0 Å². The van der Waals surface area contributed by atoms with Crippen LogP contribution in [0.3, 0.4) is 0 Å². The molecule has 2 fully saturated rings. The van der Waals surface area contributed by atoms with E-state index < -0.39 is 0 Å². The molecular weight excluding hydrogens is 270 g/mol. The minimum atomic E-state index is -0.352. The van der Waals surface area contributed by atoms with Crippen molar-refractivity contribution in [2.75, 3.05) is 33.7 Å². The molecule has 0 radical (unpaired) electrons. The normalized spacial score (nSPS) is 23.1. The molecule has 0 unspecified atom stereocenters. The zero-order valence-corrected chi connectivity index (χ0v) is 13.0. The fraction of sp³-hybridized carbons (Fsp3) is 0.800. The minimum absolute atomic E-state index is 0.0250. The van der Waals surface area contributed by atoms with Crippen LogP contribution in [0.4, 0.5) is 0 Å². The summed E-state index contributed by atoms with van der Waals surface area (Å²) in [5.74, 6) is -0.0541. The van der Waals surface area contributed by atoms with Gasteiger partial charge in [0, 0.05) is 33.6 Å². The van der Waals surface area contributed by atoms with E-state index in [1.165, 1.54) is 4.90 Å². The van der Waals surface area contributed by atoms with Crippen LogP contribution in [0.1, 0.15) is 38.5 Å². The van der Waals surface area contributed by atoms with Gasteiger partial charge in [-0.2, -0.15) is 0 Å². The van der Waals surface area contributed by atoms with Crippen LogP contribution < -0.4 is 0 Å². The molecule has 6 heteroatoms. The average molecular weight is 295 g/mol. The maximum atomic E-state index is 12.5. The van der Waals surface area contributed by atoms with Crippen LogP contribution in [0.25, 0.3) is 0 Å². The topological polar surface area (TPSA) is 60.9 Å². The number of amides is 3. The van der Waals surface area contributed by atoms with Gasteiger partial charge in [-0.05, 0) is 25.7 Å². The van der Waals surface area contributed by atoms with Crippen molar-refractivity contribution in [3.63, 3.8) is 0 Å². The molecule has 0 aromatic heterocycles. The molecule has 118 valence electrons. The lowest BCUT2D eigenvalue weighted by Gasteiger charge is -2.29. The molecule has 2 saturated heterocycles. The first kappa shape index (κ1) is 15.8. The van der Waals surface area contributed by atoms with Crippen LogP contribution >= 0.6 is 0 Å². The van der Waals surface area contributed by atoms with Crippen molar-refractivity contribution >= 4 is 17.7 Å². The highest BCUT2D eigenvalue weighted by molar-refractivity contribution is 5.90. The number of rotatable bonds is 3. The molecule has 2 aliphatic rings. The second kappa shape index (κ2) is 6.91. The Labute approximate surface area is 126 Å². The van der Waals surface area contributed by atoms with Crippen molar-refractivity contribution in [2.45, 2.75) is 44.6 Å². The van der Waals surface area contributed by atoms with E-state index in [1.807, 2.05) is 0 Å². The van der Waals surface area contributed by atoms with E-state index in [4.69, 9.17) is 0 Å². The summed E-state index contributed by atoms with van der Waals surface area (Å²) >= 11 is 0. The van der Waals surface area contributed by atoms with Crippen LogP contribution in [-0.2, 0) is 14.4 Å². The van der Waals surface area contributed by atoms with E-state index in [1.54, 1.807) is 23.9 Å². The molecule has 6 nitrogen and oxygen atoms in total. The molecule has 0 bridgehead atoms. The third-order valence-electron chi connectivity index (χ3n) is 4.30. The van der Waals surface area contributed by atoms with Gasteiger partial charge in [-0.3, -0.25) is 14.4 Å². The van der Waals surface area contributed by atoms with E-state index in [0.717, 1.165) is 32.1 Å². The molecular formula is C15H25N3O3. The first-order valence-corrected chi connectivity index (χ1v) is 7.79. The van der Waals surface area contributed by atoms with Gasteiger partial charge in [0.1, 0.15) is 6.04 Å². The largest absolute Gasteiger partial charge is 0.347 e. The van der Waals surface area contributed by atoms with Crippen molar-refractivity contribution in [3.8, 4) is 0 Å². The molecule has 2 heterocycles. The summed E-state index contributed by atoms with van der Waals surface area (Å²) in [4.78, 5) is 41.4. The van der Waals surface area contributed by atoms with Gasteiger partial charge in [-0.1, -0.05) is 6.42 Å². The number of hydrogen-bond donors (Lipinski definition) is 0. The van der Waals surface area contributed by atoms with Gasteiger partial charge < -0.3 is 14.7 Å². The second-order valence-corrected chi connectivity index (χ2v) is 6.10. The Bertz CT molecular complexity index is 422. The maximum Gasteiger partial charge on any atom is 0.244 e. The summed E-state index contributed by atoms with van der Waals surface area (Å²) in [7, 11) is 3.42. The van der Waals surface area contributed by atoms with Gasteiger partial charge in [-0.15, -0.1) is 0 Å². The third-order valence-corrected chi connectivity index (χ3v) is 4.30. The Balaban J connectivity index is 1.98. The highest BCUT2D eigenvalue weighted by Gasteiger charge is 2.35. The first-order valence-electron chi connectivity index (χ1n) is 7.79. The van der Waals surface area contributed by atoms with Crippen molar-refractivity contribution < 1.29 is 14.4 Å². The number of carbonyl (C=O) groups excluding carboxylic acids is 3. The smallest absolute Gasteiger partial charge is 0.244 e. The zero-order chi connectivity index (χ0) is 15.4. The summed E-state index contributed by atoms with van der Waals surface area (Å²) in [6.07, 6.45) is 5.02. The van der Waals surface area contributed by atoms with Gasteiger partial charge in [0.2, 0.25) is 17.7 Å². The molecule has 0 saturated carbocycles. The fourth-order valence-electron chi connectivity index (χ4n) is 3.08. The Morgan fingerprint density at radius 1 is 1.14 bits per heavy atom. The van der Waals surface area contributed by atoms with Crippen LogP contribution in [0.5, 0.6) is 0 Å². The van der Waals surface area contributed by atoms with E-state index in [2.05, 4.69) is 0 Å². The molecule has 1 atom stereocenters. The molecule has 0 N–H and O–H groups in total. The minimum Gasteiger partial charge on any atom is -0.347 e. The predicted molar refractivity (Wildman–Crippen MR) is 78.5 cm³/mol. The molecule has 2 rings (SSSR count). The molecule has 0 spiro atoms. The number of nitrogens with zero attached hydrogens (tertiary/aromatic N) is 3. The van der Waals surface area contributed by atoms with E-state index in [9.17, 15) is 14.4 Å². The lowest BCUT2D eigenvalue weighted by atomic mass is 10.2. The van der Waals surface area contributed by atoms with Gasteiger partial charge in [0.25, 0.3) is 0 Å². The van der Waals surface area contributed by atoms with Crippen molar-refractivity contribution in [3.05, 3.63) is 0 Å². The Morgan fingerprint density at radius 2 is 1.90 bits per heavy atom.